The Morgan fingerprint density at radius 3 is 2.68 bits per heavy atom. The maximum Gasteiger partial charge on any atom is 0.305 e. The summed E-state index contributed by atoms with van der Waals surface area (Å²) in [7, 11) is 0. The molecule has 2 aliphatic rings. The van der Waals surface area contributed by atoms with Gasteiger partial charge in [0.1, 0.15) is 0 Å². The number of ether oxygens (including phenoxy) is 1. The number of amides is 1. The molecule has 2 heterocycles. The Bertz CT molecular complexity index is 813. The number of carbonyl (C=O) groups is 2. The Balaban J connectivity index is 1.61. The number of carboxylic acids is 1. The molecule has 25 heavy (non-hydrogen) atoms. The molecule has 3 unspecified atom stereocenters. The van der Waals surface area contributed by atoms with Crippen LogP contribution < -0.4 is 5.32 Å². The van der Waals surface area contributed by atoms with Gasteiger partial charge in [-0.2, -0.15) is 0 Å². The summed E-state index contributed by atoms with van der Waals surface area (Å²) in [4.78, 5) is 24.1. The second-order valence-electron chi connectivity index (χ2n) is 6.94. The van der Waals surface area contributed by atoms with E-state index >= 15 is 0 Å². The van der Waals surface area contributed by atoms with Gasteiger partial charge in [0.2, 0.25) is 5.91 Å². The van der Waals surface area contributed by atoms with Gasteiger partial charge in [-0.1, -0.05) is 42.5 Å². The molecule has 2 fully saturated rings. The molecule has 4 rings (SSSR count). The Morgan fingerprint density at radius 1 is 1.16 bits per heavy atom. The van der Waals surface area contributed by atoms with Crippen molar-refractivity contribution in [3.05, 3.63) is 48.0 Å². The molecule has 5 heteroatoms. The standard InChI is InChI=1S/C20H21NO4/c22-19(23)11-17(15-7-3-5-12-4-1-2-6-14(12)15)21-20(24)16-10-13-8-9-18(16)25-13/h1-7,13,16-18H,8-11H2,(H,21,24)(H,22,23)/t13?,16?,17-,18?/m1/s1. The van der Waals surface area contributed by atoms with Crippen LogP contribution in [0.5, 0.6) is 0 Å². The monoisotopic (exact) mass is 339 g/mol. The summed E-state index contributed by atoms with van der Waals surface area (Å²) < 4.78 is 5.77. The van der Waals surface area contributed by atoms with E-state index in [1.165, 1.54) is 0 Å². The normalized spacial score (nSPS) is 25.8. The van der Waals surface area contributed by atoms with Crippen molar-refractivity contribution in [2.45, 2.75) is 43.9 Å². The molecular weight excluding hydrogens is 318 g/mol. The topological polar surface area (TPSA) is 75.6 Å². The quantitative estimate of drug-likeness (QED) is 0.878. The van der Waals surface area contributed by atoms with E-state index in [9.17, 15) is 14.7 Å². The maximum absolute atomic E-state index is 12.8. The van der Waals surface area contributed by atoms with E-state index in [-0.39, 0.29) is 30.5 Å². The third-order valence-corrected chi connectivity index (χ3v) is 5.34. The number of rotatable bonds is 5. The van der Waals surface area contributed by atoms with E-state index in [2.05, 4.69) is 5.32 Å². The molecule has 130 valence electrons. The number of hydrogen-bond donors (Lipinski definition) is 2. The number of hydrogen-bond acceptors (Lipinski definition) is 3. The SMILES string of the molecule is O=C(O)C[C@@H](NC(=O)C1CC2CCC1O2)c1cccc2ccccc12. The predicted octanol–water partition coefficient (Wildman–Crippen LogP) is 3.04. The summed E-state index contributed by atoms with van der Waals surface area (Å²) in [5, 5.41) is 14.3. The fourth-order valence-electron chi connectivity index (χ4n) is 4.16. The number of fused-ring (bicyclic) bond motifs is 3. The van der Waals surface area contributed by atoms with Crippen LogP contribution in [0.1, 0.15) is 37.3 Å². The van der Waals surface area contributed by atoms with Gasteiger partial charge in [-0.3, -0.25) is 9.59 Å². The number of carbonyl (C=O) groups excluding carboxylic acids is 1. The van der Waals surface area contributed by atoms with Gasteiger partial charge in [-0.05, 0) is 35.6 Å². The minimum atomic E-state index is -0.928. The van der Waals surface area contributed by atoms with Crippen molar-refractivity contribution >= 4 is 22.6 Å². The van der Waals surface area contributed by atoms with Gasteiger partial charge in [-0.15, -0.1) is 0 Å². The molecule has 0 aliphatic carbocycles. The molecular formula is C20H21NO4. The van der Waals surface area contributed by atoms with Crippen molar-refractivity contribution in [2.24, 2.45) is 5.92 Å². The first kappa shape index (κ1) is 16.1. The lowest BCUT2D eigenvalue weighted by Gasteiger charge is -2.24. The van der Waals surface area contributed by atoms with Crippen molar-refractivity contribution in [3.63, 3.8) is 0 Å². The first-order valence-corrected chi connectivity index (χ1v) is 8.77. The van der Waals surface area contributed by atoms with Gasteiger partial charge in [0.15, 0.2) is 0 Å². The maximum atomic E-state index is 12.8. The van der Waals surface area contributed by atoms with Crippen LogP contribution in [-0.2, 0) is 14.3 Å². The van der Waals surface area contributed by atoms with Gasteiger partial charge >= 0.3 is 5.97 Å². The highest BCUT2D eigenvalue weighted by Gasteiger charge is 2.44. The molecule has 2 N–H and O–H groups in total. The molecule has 0 aromatic heterocycles. The molecule has 1 amide bonds. The van der Waals surface area contributed by atoms with Crippen LogP contribution in [0.2, 0.25) is 0 Å². The van der Waals surface area contributed by atoms with E-state index in [4.69, 9.17) is 4.74 Å². The third-order valence-electron chi connectivity index (χ3n) is 5.34. The van der Waals surface area contributed by atoms with Gasteiger partial charge in [0, 0.05) is 0 Å². The fraction of sp³-hybridized carbons (Fsp3) is 0.400. The van der Waals surface area contributed by atoms with E-state index in [0.29, 0.717) is 0 Å². The summed E-state index contributed by atoms with van der Waals surface area (Å²) in [6, 6.07) is 13.1. The highest BCUT2D eigenvalue weighted by Crippen LogP contribution is 2.39. The van der Waals surface area contributed by atoms with Crippen LogP contribution in [0, 0.1) is 5.92 Å². The van der Waals surface area contributed by atoms with Gasteiger partial charge in [0.25, 0.3) is 0 Å². The van der Waals surface area contributed by atoms with Crippen LogP contribution in [0.15, 0.2) is 42.5 Å². The zero-order chi connectivity index (χ0) is 17.4. The molecule has 4 atom stereocenters. The second kappa shape index (κ2) is 6.48. The largest absolute Gasteiger partial charge is 0.481 e. The zero-order valence-corrected chi connectivity index (χ0v) is 13.9. The van der Waals surface area contributed by atoms with E-state index < -0.39 is 12.0 Å². The van der Waals surface area contributed by atoms with Crippen LogP contribution in [0.25, 0.3) is 10.8 Å². The molecule has 2 saturated heterocycles. The average molecular weight is 339 g/mol. The molecule has 2 bridgehead atoms. The lowest BCUT2D eigenvalue weighted by molar-refractivity contribution is -0.138. The second-order valence-corrected chi connectivity index (χ2v) is 6.94. The molecule has 0 spiro atoms. The Morgan fingerprint density at radius 2 is 1.96 bits per heavy atom. The van der Waals surface area contributed by atoms with Crippen molar-refractivity contribution in [3.8, 4) is 0 Å². The Kier molecular flexibility index (Phi) is 4.17. The third kappa shape index (κ3) is 3.12. The summed E-state index contributed by atoms with van der Waals surface area (Å²) in [6.07, 6.45) is 2.73. The molecule has 2 aromatic carbocycles. The van der Waals surface area contributed by atoms with Crippen LogP contribution in [0.4, 0.5) is 0 Å². The Labute approximate surface area is 146 Å². The first-order chi connectivity index (χ1) is 12.1. The molecule has 2 aromatic rings. The molecule has 2 aliphatic heterocycles. The highest BCUT2D eigenvalue weighted by atomic mass is 16.5. The summed E-state index contributed by atoms with van der Waals surface area (Å²) >= 11 is 0. The number of carboxylic acid groups (broad SMARTS) is 1. The van der Waals surface area contributed by atoms with Gasteiger partial charge in [0.05, 0.1) is 30.6 Å². The van der Waals surface area contributed by atoms with Crippen molar-refractivity contribution in [1.29, 1.82) is 0 Å². The summed E-state index contributed by atoms with van der Waals surface area (Å²) in [5.74, 6) is -1.18. The van der Waals surface area contributed by atoms with E-state index in [1.807, 2.05) is 42.5 Å². The zero-order valence-electron chi connectivity index (χ0n) is 13.9. The molecule has 0 radical (unpaired) electrons. The van der Waals surface area contributed by atoms with Crippen LogP contribution in [-0.4, -0.2) is 29.2 Å². The average Bonchev–Trinajstić information content (AvgIpc) is 3.23. The highest BCUT2D eigenvalue weighted by molar-refractivity contribution is 5.88. The lowest BCUT2D eigenvalue weighted by Crippen LogP contribution is -2.39. The molecule has 0 saturated carbocycles. The number of aliphatic carboxylic acids is 1. The van der Waals surface area contributed by atoms with Gasteiger partial charge in [-0.25, -0.2) is 0 Å². The smallest absolute Gasteiger partial charge is 0.305 e. The molecule has 5 nitrogen and oxygen atoms in total. The summed E-state index contributed by atoms with van der Waals surface area (Å²) in [6.45, 7) is 0. The predicted molar refractivity (Wildman–Crippen MR) is 93.1 cm³/mol. The minimum absolute atomic E-state index is 0.0111. The van der Waals surface area contributed by atoms with Crippen LogP contribution >= 0.6 is 0 Å². The lowest BCUT2D eigenvalue weighted by atomic mass is 9.88. The van der Waals surface area contributed by atoms with Crippen molar-refractivity contribution in [2.75, 3.05) is 0 Å². The Hall–Kier alpha value is -2.40. The van der Waals surface area contributed by atoms with E-state index in [0.717, 1.165) is 35.6 Å². The first-order valence-electron chi connectivity index (χ1n) is 8.77. The van der Waals surface area contributed by atoms with E-state index in [1.54, 1.807) is 0 Å². The minimum Gasteiger partial charge on any atom is -0.481 e. The number of nitrogens with one attached hydrogen (secondary N) is 1. The van der Waals surface area contributed by atoms with Gasteiger partial charge < -0.3 is 15.2 Å². The summed E-state index contributed by atoms with van der Waals surface area (Å²) in [5.41, 5.74) is 0.845. The van der Waals surface area contributed by atoms with Crippen molar-refractivity contribution < 1.29 is 19.4 Å². The van der Waals surface area contributed by atoms with Crippen LogP contribution in [0.3, 0.4) is 0 Å². The fourth-order valence-corrected chi connectivity index (χ4v) is 4.16. The number of benzene rings is 2. The van der Waals surface area contributed by atoms with Crippen molar-refractivity contribution in [1.82, 2.24) is 5.32 Å².